The molecule has 2 heterocycles. The zero-order chi connectivity index (χ0) is 20.5. The number of hydrogen-bond acceptors (Lipinski definition) is 5. The zero-order valence-corrected chi connectivity index (χ0v) is 16.2. The summed E-state index contributed by atoms with van der Waals surface area (Å²) in [5.41, 5.74) is 1.88. The molecule has 2 aromatic heterocycles. The van der Waals surface area contributed by atoms with Crippen molar-refractivity contribution < 1.29 is 19.4 Å². The van der Waals surface area contributed by atoms with Crippen molar-refractivity contribution in [3.8, 4) is 5.75 Å². The summed E-state index contributed by atoms with van der Waals surface area (Å²) in [5.74, 6) is -0.875. The molecule has 0 aliphatic heterocycles. The van der Waals surface area contributed by atoms with E-state index in [9.17, 15) is 14.7 Å². The van der Waals surface area contributed by atoms with Gasteiger partial charge in [-0.3, -0.25) is 9.59 Å². The molecule has 0 radical (unpaired) electrons. The summed E-state index contributed by atoms with van der Waals surface area (Å²) in [6.45, 7) is 5.30. The van der Waals surface area contributed by atoms with Gasteiger partial charge in [-0.1, -0.05) is 12.1 Å². The molecule has 0 aliphatic carbocycles. The summed E-state index contributed by atoms with van der Waals surface area (Å²) in [6, 6.07) is 8.81. The third kappa shape index (κ3) is 3.66. The summed E-state index contributed by atoms with van der Waals surface area (Å²) < 4.78 is 6.83. The molecule has 1 aromatic carbocycles. The molecule has 0 aliphatic rings. The lowest BCUT2D eigenvalue weighted by Gasteiger charge is -2.30. The van der Waals surface area contributed by atoms with Crippen LogP contribution in [0.3, 0.4) is 0 Å². The summed E-state index contributed by atoms with van der Waals surface area (Å²) in [6.07, 6.45) is 1.19. The second-order valence-electron chi connectivity index (χ2n) is 6.90. The maximum Gasteiger partial charge on any atom is 0.306 e. The highest BCUT2D eigenvalue weighted by Crippen LogP contribution is 2.28. The smallest absolute Gasteiger partial charge is 0.306 e. The minimum Gasteiger partial charge on any atom is -0.497 e. The van der Waals surface area contributed by atoms with Crippen LogP contribution in [0, 0.1) is 13.8 Å². The summed E-state index contributed by atoms with van der Waals surface area (Å²) in [7, 11) is 1.53. The second-order valence-corrected chi connectivity index (χ2v) is 6.90. The number of rotatable bonds is 6. The van der Waals surface area contributed by atoms with Gasteiger partial charge in [-0.25, -0.2) is 9.50 Å². The molecule has 1 atom stereocenters. The van der Waals surface area contributed by atoms with E-state index in [1.165, 1.54) is 13.3 Å². The Hall–Kier alpha value is -3.42. The standard InChI is InChI=1S/C20H22N4O4/c1-12-8-17-21-11-16(13(2)24(17)23-12)19(27)22-20(3,10-18(25)26)14-6-5-7-15(9-14)28-4/h5-9,11H,10H2,1-4H3,(H,22,27)(H,25,26). The van der Waals surface area contributed by atoms with Crippen molar-refractivity contribution in [3.63, 3.8) is 0 Å². The van der Waals surface area contributed by atoms with Crippen molar-refractivity contribution in [2.45, 2.75) is 32.7 Å². The number of carboxylic acids is 1. The SMILES string of the molecule is COc1cccc(C(C)(CC(=O)O)NC(=O)c2cnc3cc(C)nn3c2C)c1. The van der Waals surface area contributed by atoms with E-state index in [0.29, 0.717) is 28.2 Å². The average Bonchev–Trinajstić information content (AvgIpc) is 3.02. The minimum atomic E-state index is -1.14. The maximum atomic E-state index is 13.0. The lowest BCUT2D eigenvalue weighted by Crippen LogP contribution is -2.45. The predicted octanol–water partition coefficient (Wildman–Crippen LogP) is 2.47. The van der Waals surface area contributed by atoms with E-state index in [0.717, 1.165) is 5.69 Å². The third-order valence-electron chi connectivity index (χ3n) is 4.69. The van der Waals surface area contributed by atoms with Gasteiger partial charge in [0, 0.05) is 12.3 Å². The first-order chi connectivity index (χ1) is 13.2. The molecule has 28 heavy (non-hydrogen) atoms. The molecule has 2 N–H and O–H groups in total. The number of aliphatic carboxylic acids is 1. The van der Waals surface area contributed by atoms with Gasteiger partial charge in [0.1, 0.15) is 5.75 Å². The van der Waals surface area contributed by atoms with Crippen molar-refractivity contribution in [3.05, 3.63) is 59.0 Å². The Balaban J connectivity index is 2.00. The lowest BCUT2D eigenvalue weighted by molar-refractivity contribution is -0.138. The van der Waals surface area contributed by atoms with Gasteiger partial charge in [0.05, 0.1) is 36.0 Å². The molecule has 0 saturated heterocycles. The minimum absolute atomic E-state index is 0.290. The van der Waals surface area contributed by atoms with Gasteiger partial charge < -0.3 is 15.2 Å². The number of fused-ring (bicyclic) bond motifs is 1. The maximum absolute atomic E-state index is 13.0. The van der Waals surface area contributed by atoms with Crippen LogP contribution in [0.2, 0.25) is 0 Å². The van der Waals surface area contributed by atoms with Gasteiger partial charge in [-0.15, -0.1) is 0 Å². The van der Waals surface area contributed by atoms with Crippen LogP contribution in [0.1, 0.15) is 40.7 Å². The van der Waals surface area contributed by atoms with E-state index in [-0.39, 0.29) is 6.42 Å². The van der Waals surface area contributed by atoms with Crippen molar-refractivity contribution >= 4 is 17.5 Å². The number of nitrogens with one attached hydrogen (secondary N) is 1. The Morgan fingerprint density at radius 2 is 2.04 bits per heavy atom. The fourth-order valence-corrected chi connectivity index (χ4v) is 3.19. The highest BCUT2D eigenvalue weighted by atomic mass is 16.5. The highest BCUT2D eigenvalue weighted by molar-refractivity contribution is 5.96. The van der Waals surface area contributed by atoms with Crippen LogP contribution in [0.15, 0.2) is 36.5 Å². The van der Waals surface area contributed by atoms with Crippen molar-refractivity contribution in [2.75, 3.05) is 7.11 Å². The van der Waals surface area contributed by atoms with E-state index in [2.05, 4.69) is 15.4 Å². The number of ether oxygens (including phenoxy) is 1. The molecule has 1 amide bonds. The Bertz CT molecular complexity index is 1060. The van der Waals surface area contributed by atoms with Crippen LogP contribution >= 0.6 is 0 Å². The molecule has 8 heteroatoms. The molecule has 0 spiro atoms. The van der Waals surface area contributed by atoms with Crippen LogP contribution in [-0.2, 0) is 10.3 Å². The normalized spacial score (nSPS) is 13.1. The van der Waals surface area contributed by atoms with Gasteiger partial charge in [0.25, 0.3) is 5.91 Å². The Morgan fingerprint density at radius 1 is 1.29 bits per heavy atom. The summed E-state index contributed by atoms with van der Waals surface area (Å²) >= 11 is 0. The van der Waals surface area contributed by atoms with Gasteiger partial charge in [0.2, 0.25) is 0 Å². The molecule has 3 aromatic rings. The van der Waals surface area contributed by atoms with Crippen LogP contribution in [-0.4, -0.2) is 38.7 Å². The number of carbonyl (C=O) groups excluding carboxylic acids is 1. The Morgan fingerprint density at radius 3 is 2.71 bits per heavy atom. The van der Waals surface area contributed by atoms with Crippen LogP contribution in [0.25, 0.3) is 5.65 Å². The molecular formula is C20H22N4O4. The molecule has 1 unspecified atom stereocenters. The summed E-state index contributed by atoms with van der Waals surface area (Å²) in [4.78, 5) is 28.8. The number of aryl methyl sites for hydroxylation is 2. The van der Waals surface area contributed by atoms with Gasteiger partial charge in [-0.2, -0.15) is 5.10 Å². The number of carboxylic acid groups (broad SMARTS) is 1. The second kappa shape index (κ2) is 7.30. The number of nitrogens with zero attached hydrogens (tertiary/aromatic N) is 3. The Labute approximate surface area is 162 Å². The zero-order valence-electron chi connectivity index (χ0n) is 16.2. The number of hydrogen-bond donors (Lipinski definition) is 2. The first-order valence-electron chi connectivity index (χ1n) is 8.74. The fourth-order valence-electron chi connectivity index (χ4n) is 3.19. The molecule has 146 valence electrons. The van der Waals surface area contributed by atoms with Crippen LogP contribution in [0.5, 0.6) is 5.75 Å². The topological polar surface area (TPSA) is 106 Å². The van der Waals surface area contributed by atoms with Crippen LogP contribution < -0.4 is 10.1 Å². The number of carbonyl (C=O) groups is 2. The number of amides is 1. The van der Waals surface area contributed by atoms with Gasteiger partial charge >= 0.3 is 5.97 Å². The number of aromatic nitrogens is 3. The fraction of sp³-hybridized carbons (Fsp3) is 0.300. The average molecular weight is 382 g/mol. The van der Waals surface area contributed by atoms with Crippen LogP contribution in [0.4, 0.5) is 0 Å². The third-order valence-corrected chi connectivity index (χ3v) is 4.69. The monoisotopic (exact) mass is 382 g/mol. The molecule has 0 fully saturated rings. The predicted molar refractivity (Wildman–Crippen MR) is 103 cm³/mol. The molecular weight excluding hydrogens is 360 g/mol. The van der Waals surface area contributed by atoms with E-state index < -0.39 is 17.4 Å². The first kappa shape index (κ1) is 19.3. The highest BCUT2D eigenvalue weighted by Gasteiger charge is 2.33. The molecule has 3 rings (SSSR count). The molecule has 0 saturated carbocycles. The Kier molecular flexibility index (Phi) is 5.04. The van der Waals surface area contributed by atoms with Gasteiger partial charge in [-0.05, 0) is 38.5 Å². The quantitative estimate of drug-likeness (QED) is 0.678. The van der Waals surface area contributed by atoms with E-state index >= 15 is 0 Å². The van der Waals surface area contributed by atoms with Gasteiger partial charge in [0.15, 0.2) is 5.65 Å². The van der Waals surface area contributed by atoms with E-state index in [1.807, 2.05) is 13.0 Å². The number of benzene rings is 1. The van der Waals surface area contributed by atoms with Crippen molar-refractivity contribution in [1.29, 1.82) is 0 Å². The van der Waals surface area contributed by atoms with E-state index in [4.69, 9.17) is 4.74 Å². The van der Waals surface area contributed by atoms with Crippen molar-refractivity contribution in [1.82, 2.24) is 19.9 Å². The molecule has 0 bridgehead atoms. The number of methoxy groups -OCH3 is 1. The first-order valence-corrected chi connectivity index (χ1v) is 8.74. The largest absolute Gasteiger partial charge is 0.497 e. The summed E-state index contributed by atoms with van der Waals surface area (Å²) in [5, 5.41) is 16.6. The van der Waals surface area contributed by atoms with E-state index in [1.54, 1.807) is 42.6 Å². The van der Waals surface area contributed by atoms with Crippen molar-refractivity contribution in [2.24, 2.45) is 0 Å². The molecule has 8 nitrogen and oxygen atoms in total. The lowest BCUT2D eigenvalue weighted by atomic mass is 9.88.